The zero-order valence-electron chi connectivity index (χ0n) is 15.0. The molecule has 3 aromatic carbocycles. The van der Waals surface area contributed by atoms with Crippen molar-refractivity contribution in [1.82, 2.24) is 0 Å². The van der Waals surface area contributed by atoms with Gasteiger partial charge in [-0.15, -0.1) is 0 Å². The number of oxime groups is 1. The van der Waals surface area contributed by atoms with Gasteiger partial charge in [-0.2, -0.15) is 13.7 Å². The zero-order chi connectivity index (χ0) is 19.4. The summed E-state index contributed by atoms with van der Waals surface area (Å²) in [6.07, 6.45) is 0. The topological polar surface area (TPSA) is 79.5 Å². The van der Waals surface area contributed by atoms with Crippen LogP contribution in [-0.2, 0) is 14.4 Å². The molecule has 0 radical (unpaired) electrons. The molecule has 0 aliphatic carbocycles. The SMILES string of the molecule is C/C(=N\OS(=O)(=O)c1ccc2ccccc2c1)C(C)c1ccc(C#N)cc1. The van der Waals surface area contributed by atoms with E-state index in [-0.39, 0.29) is 10.8 Å². The van der Waals surface area contributed by atoms with Crippen molar-refractivity contribution in [2.24, 2.45) is 5.16 Å². The number of fused-ring (bicyclic) bond motifs is 1. The Morgan fingerprint density at radius 1 is 1.04 bits per heavy atom. The minimum atomic E-state index is -4.00. The summed E-state index contributed by atoms with van der Waals surface area (Å²) in [5, 5.41) is 14.5. The highest BCUT2D eigenvalue weighted by molar-refractivity contribution is 7.86. The molecule has 6 heteroatoms. The molecule has 0 heterocycles. The number of hydrogen-bond donors (Lipinski definition) is 0. The van der Waals surface area contributed by atoms with Gasteiger partial charge in [-0.25, -0.2) is 0 Å². The van der Waals surface area contributed by atoms with E-state index in [2.05, 4.69) is 11.2 Å². The maximum absolute atomic E-state index is 12.5. The first-order valence-electron chi connectivity index (χ1n) is 8.38. The van der Waals surface area contributed by atoms with Crippen molar-refractivity contribution in [2.45, 2.75) is 24.7 Å². The third-order valence-corrected chi connectivity index (χ3v) is 5.56. The van der Waals surface area contributed by atoms with Crippen LogP contribution in [-0.4, -0.2) is 14.1 Å². The lowest BCUT2D eigenvalue weighted by Gasteiger charge is -2.11. The molecule has 0 saturated carbocycles. The fourth-order valence-electron chi connectivity index (χ4n) is 2.64. The van der Waals surface area contributed by atoms with E-state index in [0.29, 0.717) is 11.3 Å². The number of nitrogens with zero attached hydrogens (tertiary/aromatic N) is 2. The first-order valence-corrected chi connectivity index (χ1v) is 9.78. The van der Waals surface area contributed by atoms with Crippen molar-refractivity contribution in [3.05, 3.63) is 77.9 Å². The molecule has 136 valence electrons. The van der Waals surface area contributed by atoms with Crippen LogP contribution in [0.3, 0.4) is 0 Å². The van der Waals surface area contributed by atoms with Crippen LogP contribution < -0.4 is 0 Å². The molecule has 1 atom stereocenters. The van der Waals surface area contributed by atoms with Gasteiger partial charge >= 0.3 is 10.1 Å². The fourth-order valence-corrected chi connectivity index (χ4v) is 3.45. The van der Waals surface area contributed by atoms with Crippen molar-refractivity contribution in [2.75, 3.05) is 0 Å². The summed E-state index contributed by atoms with van der Waals surface area (Å²) < 4.78 is 29.8. The van der Waals surface area contributed by atoms with E-state index >= 15 is 0 Å². The molecule has 0 N–H and O–H groups in total. The molecule has 27 heavy (non-hydrogen) atoms. The average molecular weight is 378 g/mol. The first kappa shape index (κ1) is 18.6. The minimum absolute atomic E-state index is 0.0591. The van der Waals surface area contributed by atoms with E-state index in [9.17, 15) is 8.42 Å². The Kier molecular flexibility index (Phi) is 5.24. The van der Waals surface area contributed by atoms with Gasteiger partial charge in [0, 0.05) is 5.92 Å². The van der Waals surface area contributed by atoms with Gasteiger partial charge in [0.05, 0.1) is 17.3 Å². The van der Waals surface area contributed by atoms with Crippen molar-refractivity contribution in [1.29, 1.82) is 5.26 Å². The number of hydrogen-bond acceptors (Lipinski definition) is 5. The van der Waals surface area contributed by atoms with Crippen molar-refractivity contribution >= 4 is 26.6 Å². The van der Waals surface area contributed by atoms with Crippen LogP contribution >= 0.6 is 0 Å². The summed E-state index contributed by atoms with van der Waals surface area (Å²) in [5.41, 5.74) is 2.00. The first-order chi connectivity index (χ1) is 12.9. The summed E-state index contributed by atoms with van der Waals surface area (Å²) in [4.78, 5) is 0.0591. The molecule has 0 amide bonds. The van der Waals surface area contributed by atoms with E-state index in [0.717, 1.165) is 16.3 Å². The van der Waals surface area contributed by atoms with Crippen LogP contribution in [0.1, 0.15) is 30.9 Å². The van der Waals surface area contributed by atoms with Gasteiger partial charge in [-0.1, -0.05) is 54.5 Å². The third kappa shape index (κ3) is 4.15. The summed E-state index contributed by atoms with van der Waals surface area (Å²) >= 11 is 0. The summed E-state index contributed by atoms with van der Waals surface area (Å²) in [5.74, 6) is -0.149. The molecular formula is C21H18N2O3S. The van der Waals surface area contributed by atoms with E-state index in [4.69, 9.17) is 9.55 Å². The van der Waals surface area contributed by atoms with Crippen LogP contribution in [0, 0.1) is 11.3 Å². The van der Waals surface area contributed by atoms with Crippen LogP contribution in [0.2, 0.25) is 0 Å². The number of rotatable bonds is 5. The largest absolute Gasteiger partial charge is 0.358 e. The zero-order valence-corrected chi connectivity index (χ0v) is 15.8. The Balaban J connectivity index is 1.80. The molecule has 3 rings (SSSR count). The molecular weight excluding hydrogens is 360 g/mol. The Bertz CT molecular complexity index is 1140. The molecule has 0 aliphatic rings. The Morgan fingerprint density at radius 3 is 2.37 bits per heavy atom. The second kappa shape index (κ2) is 7.60. The molecule has 0 bridgehead atoms. The Hall–Kier alpha value is -3.17. The highest BCUT2D eigenvalue weighted by atomic mass is 32.2. The molecule has 3 aromatic rings. The number of nitriles is 1. The predicted octanol–water partition coefficient (Wildman–Crippen LogP) is 4.60. The molecule has 0 aromatic heterocycles. The van der Waals surface area contributed by atoms with Gasteiger partial charge in [-0.3, -0.25) is 4.28 Å². The van der Waals surface area contributed by atoms with E-state index in [1.807, 2.05) is 43.3 Å². The molecule has 0 aliphatic heterocycles. The van der Waals surface area contributed by atoms with E-state index in [1.165, 1.54) is 6.07 Å². The monoisotopic (exact) mass is 378 g/mol. The molecule has 0 fully saturated rings. The van der Waals surface area contributed by atoms with Crippen LogP contribution in [0.25, 0.3) is 10.8 Å². The summed E-state index contributed by atoms with van der Waals surface area (Å²) in [6.45, 7) is 3.60. The van der Waals surface area contributed by atoms with Gasteiger partial charge in [0.25, 0.3) is 0 Å². The Morgan fingerprint density at radius 2 is 1.70 bits per heavy atom. The molecule has 5 nitrogen and oxygen atoms in total. The summed E-state index contributed by atoms with van der Waals surface area (Å²) in [7, 11) is -4.00. The minimum Gasteiger partial charge on any atom is -0.265 e. The van der Waals surface area contributed by atoms with E-state index < -0.39 is 10.1 Å². The summed E-state index contributed by atoms with van der Waals surface area (Å²) in [6, 6.07) is 21.4. The lowest BCUT2D eigenvalue weighted by molar-refractivity contribution is 0.337. The number of benzene rings is 3. The second-order valence-electron chi connectivity index (χ2n) is 6.23. The average Bonchev–Trinajstić information content (AvgIpc) is 2.71. The van der Waals surface area contributed by atoms with Crippen molar-refractivity contribution < 1.29 is 12.7 Å². The molecule has 1 unspecified atom stereocenters. The van der Waals surface area contributed by atoms with Gasteiger partial charge in [0.15, 0.2) is 0 Å². The van der Waals surface area contributed by atoms with Crippen molar-refractivity contribution in [3.8, 4) is 6.07 Å². The third-order valence-electron chi connectivity index (χ3n) is 4.46. The Labute approximate surface area is 158 Å². The van der Waals surface area contributed by atoms with Gasteiger partial charge in [-0.05, 0) is 47.5 Å². The maximum atomic E-state index is 12.5. The second-order valence-corrected chi connectivity index (χ2v) is 7.75. The van der Waals surface area contributed by atoms with Crippen molar-refractivity contribution in [3.63, 3.8) is 0 Å². The van der Waals surface area contributed by atoms with Gasteiger partial charge in [0.1, 0.15) is 4.90 Å². The maximum Gasteiger partial charge on any atom is 0.358 e. The van der Waals surface area contributed by atoms with Crippen LogP contribution in [0.4, 0.5) is 0 Å². The van der Waals surface area contributed by atoms with Crippen LogP contribution in [0.15, 0.2) is 76.8 Å². The fraction of sp³-hybridized carbons (Fsp3) is 0.143. The normalized spacial score (nSPS) is 13.1. The predicted molar refractivity (Wildman–Crippen MR) is 105 cm³/mol. The highest BCUT2D eigenvalue weighted by Gasteiger charge is 2.18. The standard InChI is InChI=1S/C21H18N2O3S/c1-15(18-9-7-17(14-22)8-10-18)16(2)23-26-27(24,25)21-12-11-19-5-3-4-6-20(19)13-21/h3-13,15H,1-2H3/b23-16+. The van der Waals surface area contributed by atoms with Crippen LogP contribution in [0.5, 0.6) is 0 Å². The van der Waals surface area contributed by atoms with Gasteiger partial charge in [0.2, 0.25) is 0 Å². The quantitative estimate of drug-likeness (QED) is 0.480. The molecule has 0 spiro atoms. The molecule has 0 saturated heterocycles. The van der Waals surface area contributed by atoms with Gasteiger partial charge < -0.3 is 0 Å². The van der Waals surface area contributed by atoms with E-state index in [1.54, 1.807) is 31.2 Å². The smallest absolute Gasteiger partial charge is 0.265 e. The lowest BCUT2D eigenvalue weighted by atomic mass is 9.96. The highest BCUT2D eigenvalue weighted by Crippen LogP contribution is 2.22. The lowest BCUT2D eigenvalue weighted by Crippen LogP contribution is -2.09.